The summed E-state index contributed by atoms with van der Waals surface area (Å²) < 4.78 is 6.84. The molecule has 0 fully saturated rings. The van der Waals surface area contributed by atoms with Crippen LogP contribution >= 0.6 is 27.5 Å². The Balaban J connectivity index is 2.10. The van der Waals surface area contributed by atoms with Gasteiger partial charge in [-0.1, -0.05) is 45.7 Å². The van der Waals surface area contributed by atoms with Gasteiger partial charge in [0.05, 0.1) is 11.1 Å². The fourth-order valence-corrected chi connectivity index (χ4v) is 2.90. The zero-order chi connectivity index (χ0) is 14.3. The van der Waals surface area contributed by atoms with Gasteiger partial charge in [-0.2, -0.15) is 0 Å². The zero-order valence-electron chi connectivity index (χ0n) is 10.9. The van der Waals surface area contributed by atoms with Crippen molar-refractivity contribution in [3.8, 4) is 0 Å². The summed E-state index contributed by atoms with van der Waals surface area (Å²) in [5, 5.41) is 1.57. The van der Waals surface area contributed by atoms with Crippen molar-refractivity contribution >= 4 is 38.5 Å². The molecule has 0 amide bonds. The molecular weight excluding hydrogens is 338 g/mol. The van der Waals surface area contributed by atoms with Gasteiger partial charge < -0.3 is 10.2 Å². The summed E-state index contributed by atoms with van der Waals surface area (Å²) in [6.45, 7) is 2.04. The molecule has 102 valence electrons. The van der Waals surface area contributed by atoms with Crippen LogP contribution in [0.4, 0.5) is 0 Å². The van der Waals surface area contributed by atoms with Gasteiger partial charge in [0.2, 0.25) is 0 Å². The highest BCUT2D eigenvalue weighted by Crippen LogP contribution is 2.32. The summed E-state index contributed by atoms with van der Waals surface area (Å²) in [7, 11) is 0. The van der Waals surface area contributed by atoms with Gasteiger partial charge in [0.25, 0.3) is 0 Å². The number of aryl methyl sites for hydroxylation is 1. The lowest BCUT2D eigenvalue weighted by Crippen LogP contribution is -2.12. The largest absolute Gasteiger partial charge is 0.457 e. The molecule has 0 saturated carbocycles. The van der Waals surface area contributed by atoms with Gasteiger partial charge in [0, 0.05) is 9.86 Å². The first-order valence-electron chi connectivity index (χ1n) is 6.26. The van der Waals surface area contributed by atoms with Gasteiger partial charge in [-0.15, -0.1) is 0 Å². The molecule has 0 radical (unpaired) electrons. The molecule has 0 bridgehead atoms. The van der Waals surface area contributed by atoms with Crippen LogP contribution in [0.2, 0.25) is 5.02 Å². The summed E-state index contributed by atoms with van der Waals surface area (Å²) in [5.41, 5.74) is 9.20. The van der Waals surface area contributed by atoms with Crippen molar-refractivity contribution in [2.75, 3.05) is 0 Å². The molecule has 1 heterocycles. The minimum atomic E-state index is -0.309. The van der Waals surface area contributed by atoms with Crippen molar-refractivity contribution in [1.29, 1.82) is 0 Å². The number of benzene rings is 2. The monoisotopic (exact) mass is 349 g/mol. The Hall–Kier alpha value is -1.29. The molecule has 20 heavy (non-hydrogen) atoms. The van der Waals surface area contributed by atoms with Crippen LogP contribution in [0.5, 0.6) is 0 Å². The molecule has 0 aliphatic carbocycles. The molecule has 0 spiro atoms. The number of fused-ring (bicyclic) bond motifs is 1. The van der Waals surface area contributed by atoms with Crippen LogP contribution in [0, 0.1) is 6.92 Å². The molecule has 2 nitrogen and oxygen atoms in total. The van der Waals surface area contributed by atoms with Gasteiger partial charge in [0.1, 0.15) is 5.76 Å². The summed E-state index contributed by atoms with van der Waals surface area (Å²) in [6.07, 6.45) is 0. The molecule has 0 aliphatic rings. The van der Waals surface area contributed by atoms with Gasteiger partial charge in [-0.25, -0.2) is 0 Å². The first-order valence-corrected chi connectivity index (χ1v) is 7.43. The van der Waals surface area contributed by atoms with Crippen LogP contribution in [-0.2, 0) is 0 Å². The van der Waals surface area contributed by atoms with E-state index < -0.39 is 0 Å². The average molecular weight is 351 g/mol. The highest BCUT2D eigenvalue weighted by molar-refractivity contribution is 9.10. The number of hydrogen-bond acceptors (Lipinski definition) is 2. The SMILES string of the molecule is Cc1ccc(Br)cc1C(N)c1cc2cccc(Cl)c2o1. The van der Waals surface area contributed by atoms with Gasteiger partial charge in [-0.3, -0.25) is 0 Å². The second-order valence-corrected chi connectivity index (χ2v) is 6.11. The normalized spacial score (nSPS) is 12.8. The second kappa shape index (κ2) is 5.24. The Labute approximate surface area is 130 Å². The molecular formula is C16H13BrClNO. The van der Waals surface area contributed by atoms with Gasteiger partial charge in [0.15, 0.2) is 5.58 Å². The summed E-state index contributed by atoms with van der Waals surface area (Å²) in [6, 6.07) is 13.4. The number of furan rings is 1. The second-order valence-electron chi connectivity index (χ2n) is 4.79. The Morgan fingerprint density at radius 2 is 2.00 bits per heavy atom. The molecule has 2 N–H and O–H groups in total. The van der Waals surface area contributed by atoms with Crippen LogP contribution < -0.4 is 5.73 Å². The van der Waals surface area contributed by atoms with E-state index in [4.69, 9.17) is 21.8 Å². The quantitative estimate of drug-likeness (QED) is 0.689. The van der Waals surface area contributed by atoms with Gasteiger partial charge >= 0.3 is 0 Å². The lowest BCUT2D eigenvalue weighted by atomic mass is 10.00. The number of nitrogens with two attached hydrogens (primary N) is 1. The lowest BCUT2D eigenvalue weighted by Gasteiger charge is -2.12. The van der Waals surface area contributed by atoms with E-state index in [2.05, 4.69) is 15.9 Å². The maximum Gasteiger partial charge on any atom is 0.152 e. The molecule has 2 aromatic carbocycles. The fraction of sp³-hybridized carbons (Fsp3) is 0.125. The van der Waals surface area contributed by atoms with Crippen LogP contribution in [0.3, 0.4) is 0 Å². The van der Waals surface area contributed by atoms with Crippen molar-refractivity contribution in [2.24, 2.45) is 5.73 Å². The molecule has 1 atom stereocenters. The summed E-state index contributed by atoms with van der Waals surface area (Å²) >= 11 is 9.61. The zero-order valence-corrected chi connectivity index (χ0v) is 13.2. The van der Waals surface area contributed by atoms with E-state index in [0.29, 0.717) is 16.4 Å². The first kappa shape index (κ1) is 13.7. The van der Waals surface area contributed by atoms with E-state index in [0.717, 1.165) is 21.0 Å². The molecule has 1 unspecified atom stereocenters. The number of hydrogen-bond donors (Lipinski definition) is 1. The molecule has 3 rings (SSSR count). The average Bonchev–Trinajstić information content (AvgIpc) is 2.86. The van der Waals surface area contributed by atoms with E-state index in [1.165, 1.54) is 0 Å². The topological polar surface area (TPSA) is 39.2 Å². The summed E-state index contributed by atoms with van der Waals surface area (Å²) in [5.74, 6) is 0.717. The smallest absolute Gasteiger partial charge is 0.152 e. The van der Waals surface area contributed by atoms with E-state index >= 15 is 0 Å². The molecule has 4 heteroatoms. The number of rotatable bonds is 2. The Morgan fingerprint density at radius 3 is 2.75 bits per heavy atom. The van der Waals surface area contributed by atoms with Crippen molar-refractivity contribution < 1.29 is 4.42 Å². The highest BCUT2D eigenvalue weighted by atomic mass is 79.9. The van der Waals surface area contributed by atoms with Crippen molar-refractivity contribution in [1.82, 2.24) is 0 Å². The Kier molecular flexibility index (Phi) is 3.59. The van der Waals surface area contributed by atoms with E-state index in [9.17, 15) is 0 Å². The molecule has 0 aliphatic heterocycles. The van der Waals surface area contributed by atoms with Crippen LogP contribution in [-0.4, -0.2) is 0 Å². The maximum atomic E-state index is 6.34. The maximum absolute atomic E-state index is 6.34. The Bertz CT molecular complexity index is 781. The highest BCUT2D eigenvalue weighted by Gasteiger charge is 2.17. The third-order valence-electron chi connectivity index (χ3n) is 3.40. The van der Waals surface area contributed by atoms with Crippen LogP contribution in [0.25, 0.3) is 11.0 Å². The molecule has 0 saturated heterocycles. The van der Waals surface area contributed by atoms with E-state index in [-0.39, 0.29) is 6.04 Å². The van der Waals surface area contributed by atoms with Crippen molar-refractivity contribution in [2.45, 2.75) is 13.0 Å². The van der Waals surface area contributed by atoms with E-state index in [1.807, 2.05) is 49.4 Å². The third-order valence-corrected chi connectivity index (χ3v) is 4.19. The van der Waals surface area contributed by atoms with Crippen LogP contribution in [0.1, 0.15) is 22.9 Å². The molecule has 1 aromatic heterocycles. The van der Waals surface area contributed by atoms with Crippen LogP contribution in [0.15, 0.2) is 51.4 Å². The molecule has 3 aromatic rings. The fourth-order valence-electron chi connectivity index (χ4n) is 2.30. The van der Waals surface area contributed by atoms with Crippen molar-refractivity contribution in [3.05, 3.63) is 68.8 Å². The number of halogens is 2. The minimum absolute atomic E-state index is 0.309. The lowest BCUT2D eigenvalue weighted by molar-refractivity contribution is 0.524. The number of para-hydroxylation sites is 1. The third kappa shape index (κ3) is 2.37. The minimum Gasteiger partial charge on any atom is -0.457 e. The van der Waals surface area contributed by atoms with Crippen molar-refractivity contribution in [3.63, 3.8) is 0 Å². The first-order chi connectivity index (χ1) is 9.56. The Morgan fingerprint density at radius 1 is 1.20 bits per heavy atom. The predicted octanol–water partition coefficient (Wildman–Crippen LogP) is 5.21. The summed E-state index contributed by atoms with van der Waals surface area (Å²) in [4.78, 5) is 0. The van der Waals surface area contributed by atoms with Gasteiger partial charge in [-0.05, 0) is 42.3 Å². The standard InChI is InChI=1S/C16H13BrClNO/c1-9-5-6-11(17)8-12(9)15(19)14-7-10-3-2-4-13(18)16(10)20-14/h2-8,15H,19H2,1H3. The predicted molar refractivity (Wildman–Crippen MR) is 86.1 cm³/mol. The van der Waals surface area contributed by atoms with E-state index in [1.54, 1.807) is 0 Å².